The first-order valence-electron chi connectivity index (χ1n) is 6.76. The average Bonchev–Trinajstić information content (AvgIpc) is 2.87. The van der Waals surface area contributed by atoms with Crippen LogP contribution in [0.15, 0.2) is 52.9 Å². The van der Waals surface area contributed by atoms with Gasteiger partial charge in [-0.1, -0.05) is 18.2 Å². The maximum atomic E-state index is 13.3. The number of fused-ring (bicyclic) bond motifs is 1. The number of hydrogen-bond acceptors (Lipinski definition) is 2. The van der Waals surface area contributed by atoms with E-state index in [2.05, 4.69) is 5.32 Å². The second-order valence-electron chi connectivity index (χ2n) is 5.01. The molecule has 0 aliphatic heterocycles. The molecule has 1 N–H and O–H groups in total. The van der Waals surface area contributed by atoms with E-state index in [1.165, 1.54) is 12.1 Å². The first kappa shape index (κ1) is 13.8. The largest absolute Gasteiger partial charge is 0.459 e. The SMILES string of the molecule is CNC(Cc1cc(F)cc(F)c1)c1cc2ccccc2o1. The molecule has 1 heterocycles. The van der Waals surface area contributed by atoms with Crippen molar-refractivity contribution in [2.75, 3.05) is 7.05 Å². The molecule has 1 unspecified atom stereocenters. The van der Waals surface area contributed by atoms with Gasteiger partial charge in [0, 0.05) is 11.5 Å². The van der Waals surface area contributed by atoms with Gasteiger partial charge in [0.15, 0.2) is 0 Å². The zero-order valence-corrected chi connectivity index (χ0v) is 11.6. The molecule has 108 valence electrons. The molecule has 2 nitrogen and oxygen atoms in total. The average molecular weight is 287 g/mol. The highest BCUT2D eigenvalue weighted by molar-refractivity contribution is 5.77. The first-order chi connectivity index (χ1) is 10.2. The minimum Gasteiger partial charge on any atom is -0.459 e. The van der Waals surface area contributed by atoms with Crippen LogP contribution in [0.1, 0.15) is 17.4 Å². The quantitative estimate of drug-likeness (QED) is 0.777. The van der Waals surface area contributed by atoms with Gasteiger partial charge in [0.05, 0.1) is 6.04 Å². The number of hydrogen-bond donors (Lipinski definition) is 1. The molecule has 0 aliphatic rings. The van der Waals surface area contributed by atoms with Gasteiger partial charge in [-0.15, -0.1) is 0 Å². The van der Waals surface area contributed by atoms with E-state index in [0.717, 1.165) is 22.8 Å². The van der Waals surface area contributed by atoms with Crippen molar-refractivity contribution in [3.05, 3.63) is 71.5 Å². The number of furan rings is 1. The van der Waals surface area contributed by atoms with Crippen molar-refractivity contribution in [3.63, 3.8) is 0 Å². The van der Waals surface area contributed by atoms with Crippen LogP contribution in [0.2, 0.25) is 0 Å². The summed E-state index contributed by atoms with van der Waals surface area (Å²) >= 11 is 0. The highest BCUT2D eigenvalue weighted by atomic mass is 19.1. The fraction of sp³-hybridized carbons (Fsp3) is 0.176. The highest BCUT2D eigenvalue weighted by Gasteiger charge is 2.16. The molecular weight excluding hydrogens is 272 g/mol. The van der Waals surface area contributed by atoms with E-state index >= 15 is 0 Å². The lowest BCUT2D eigenvalue weighted by molar-refractivity contribution is 0.449. The van der Waals surface area contributed by atoms with E-state index in [-0.39, 0.29) is 6.04 Å². The molecule has 1 atom stereocenters. The summed E-state index contributed by atoms with van der Waals surface area (Å²) < 4.78 is 32.3. The molecule has 3 aromatic rings. The predicted molar refractivity (Wildman–Crippen MR) is 78.1 cm³/mol. The Balaban J connectivity index is 1.90. The van der Waals surface area contributed by atoms with Crippen LogP contribution in [0.3, 0.4) is 0 Å². The Labute approximate surface area is 121 Å². The minimum atomic E-state index is -0.565. The van der Waals surface area contributed by atoms with Gasteiger partial charge in [-0.25, -0.2) is 8.78 Å². The third-order valence-electron chi connectivity index (χ3n) is 3.50. The first-order valence-corrected chi connectivity index (χ1v) is 6.76. The Morgan fingerprint density at radius 3 is 2.43 bits per heavy atom. The number of halogens is 2. The number of para-hydroxylation sites is 1. The van der Waals surface area contributed by atoms with Gasteiger partial charge < -0.3 is 9.73 Å². The third kappa shape index (κ3) is 2.95. The molecule has 0 saturated carbocycles. The fourth-order valence-corrected chi connectivity index (χ4v) is 2.48. The van der Waals surface area contributed by atoms with Crippen molar-refractivity contribution in [3.8, 4) is 0 Å². The summed E-state index contributed by atoms with van der Waals surface area (Å²) in [4.78, 5) is 0. The van der Waals surface area contributed by atoms with Gasteiger partial charge in [-0.2, -0.15) is 0 Å². The summed E-state index contributed by atoms with van der Waals surface area (Å²) in [6, 6.07) is 13.1. The van der Waals surface area contributed by atoms with Crippen molar-refractivity contribution >= 4 is 11.0 Å². The highest BCUT2D eigenvalue weighted by Crippen LogP contribution is 2.26. The van der Waals surface area contributed by atoms with Crippen molar-refractivity contribution in [2.24, 2.45) is 0 Å². The van der Waals surface area contributed by atoms with Crippen LogP contribution in [0.4, 0.5) is 8.78 Å². The summed E-state index contributed by atoms with van der Waals surface area (Å²) in [7, 11) is 1.80. The second kappa shape index (κ2) is 5.66. The van der Waals surface area contributed by atoms with Gasteiger partial charge in [0.1, 0.15) is 23.0 Å². The van der Waals surface area contributed by atoms with Crippen molar-refractivity contribution in [1.29, 1.82) is 0 Å². The van der Waals surface area contributed by atoms with E-state index in [9.17, 15) is 8.78 Å². The third-order valence-corrected chi connectivity index (χ3v) is 3.50. The van der Waals surface area contributed by atoms with Crippen LogP contribution in [-0.2, 0) is 6.42 Å². The number of rotatable bonds is 4. The van der Waals surface area contributed by atoms with Crippen LogP contribution in [-0.4, -0.2) is 7.05 Å². The lowest BCUT2D eigenvalue weighted by Crippen LogP contribution is -2.18. The Hall–Kier alpha value is -2.20. The summed E-state index contributed by atoms with van der Waals surface area (Å²) in [5.74, 6) is -0.378. The van der Waals surface area contributed by atoms with E-state index in [0.29, 0.717) is 12.0 Å². The van der Waals surface area contributed by atoms with E-state index < -0.39 is 11.6 Å². The van der Waals surface area contributed by atoms with Crippen molar-refractivity contribution in [2.45, 2.75) is 12.5 Å². The molecule has 2 aromatic carbocycles. The van der Waals surface area contributed by atoms with Crippen LogP contribution in [0.5, 0.6) is 0 Å². The molecule has 0 bridgehead atoms. The van der Waals surface area contributed by atoms with Crippen LogP contribution in [0.25, 0.3) is 11.0 Å². The van der Waals surface area contributed by atoms with Gasteiger partial charge in [-0.05, 0) is 43.3 Å². The maximum Gasteiger partial charge on any atom is 0.134 e. The van der Waals surface area contributed by atoms with Gasteiger partial charge in [0.25, 0.3) is 0 Å². The van der Waals surface area contributed by atoms with Gasteiger partial charge in [-0.3, -0.25) is 0 Å². The molecule has 3 rings (SSSR count). The minimum absolute atomic E-state index is 0.140. The topological polar surface area (TPSA) is 25.2 Å². The Morgan fingerprint density at radius 2 is 1.76 bits per heavy atom. The lowest BCUT2D eigenvalue weighted by Gasteiger charge is -2.13. The standard InChI is InChI=1S/C17H15F2NO/c1-20-15(8-11-6-13(18)10-14(19)7-11)17-9-12-4-2-3-5-16(12)21-17/h2-7,9-10,15,20H,8H2,1H3. The summed E-state index contributed by atoms with van der Waals surface area (Å²) in [5, 5.41) is 4.14. The molecule has 0 fully saturated rings. The van der Waals surface area contributed by atoms with Gasteiger partial charge >= 0.3 is 0 Å². The Morgan fingerprint density at radius 1 is 1.05 bits per heavy atom. The Bertz CT molecular complexity index is 713. The summed E-state index contributed by atoms with van der Waals surface area (Å²) in [5.41, 5.74) is 1.39. The second-order valence-corrected chi connectivity index (χ2v) is 5.01. The van der Waals surface area contributed by atoms with Crippen molar-refractivity contribution < 1.29 is 13.2 Å². The molecule has 1 aromatic heterocycles. The molecule has 21 heavy (non-hydrogen) atoms. The number of benzene rings is 2. The fourth-order valence-electron chi connectivity index (χ4n) is 2.48. The van der Waals surface area contributed by atoms with Crippen LogP contribution >= 0.6 is 0 Å². The van der Waals surface area contributed by atoms with E-state index in [1.807, 2.05) is 30.3 Å². The zero-order chi connectivity index (χ0) is 14.8. The molecular formula is C17H15F2NO. The molecule has 0 saturated heterocycles. The summed E-state index contributed by atoms with van der Waals surface area (Å²) in [6.45, 7) is 0. The molecule has 0 radical (unpaired) electrons. The molecule has 0 amide bonds. The molecule has 0 spiro atoms. The predicted octanol–water partition coefficient (Wildman–Crippen LogP) is 4.21. The maximum absolute atomic E-state index is 13.3. The van der Waals surface area contributed by atoms with E-state index in [1.54, 1.807) is 7.05 Å². The number of likely N-dealkylation sites (N-methyl/N-ethyl adjacent to an activating group) is 1. The monoisotopic (exact) mass is 287 g/mol. The van der Waals surface area contributed by atoms with Crippen LogP contribution in [0, 0.1) is 11.6 Å². The normalized spacial score (nSPS) is 12.7. The summed E-state index contributed by atoms with van der Waals surface area (Å²) in [6.07, 6.45) is 0.449. The van der Waals surface area contributed by atoms with Crippen molar-refractivity contribution in [1.82, 2.24) is 5.32 Å². The smallest absolute Gasteiger partial charge is 0.134 e. The van der Waals surface area contributed by atoms with Crippen LogP contribution < -0.4 is 5.32 Å². The lowest BCUT2D eigenvalue weighted by atomic mass is 10.0. The number of nitrogens with one attached hydrogen (secondary N) is 1. The zero-order valence-electron chi connectivity index (χ0n) is 11.6. The molecule has 0 aliphatic carbocycles. The van der Waals surface area contributed by atoms with Gasteiger partial charge in [0.2, 0.25) is 0 Å². The Kier molecular flexibility index (Phi) is 3.71. The molecule has 4 heteroatoms. The van der Waals surface area contributed by atoms with E-state index in [4.69, 9.17) is 4.42 Å².